The first-order valence-electron chi connectivity index (χ1n) is 11.4. The number of para-hydroxylation sites is 1. The maximum atomic E-state index is 13.3. The summed E-state index contributed by atoms with van der Waals surface area (Å²) >= 11 is 0. The van der Waals surface area contributed by atoms with Gasteiger partial charge in [-0.2, -0.15) is 0 Å². The maximum Gasteiger partial charge on any atom is 0.343 e. The molecule has 1 fully saturated rings. The second-order valence-electron chi connectivity index (χ2n) is 9.16. The molecule has 1 atom stereocenters. The Bertz CT molecular complexity index is 1480. The molecule has 0 aliphatic heterocycles. The Labute approximate surface area is 199 Å². The zero-order valence-corrected chi connectivity index (χ0v) is 19.7. The van der Waals surface area contributed by atoms with Gasteiger partial charge in [-0.05, 0) is 62.1 Å². The Hall–Kier alpha value is -3.95. The zero-order chi connectivity index (χ0) is 25.3. The lowest BCUT2D eigenvalue weighted by Crippen LogP contribution is -2.39. The van der Waals surface area contributed by atoms with Crippen molar-refractivity contribution < 1.29 is 23.5 Å². The van der Waals surface area contributed by atoms with Gasteiger partial charge in [-0.25, -0.2) is 19.0 Å². The van der Waals surface area contributed by atoms with E-state index in [1.54, 1.807) is 12.1 Å². The number of nitrogens with zero attached hydrogens (tertiary/aromatic N) is 1. The molecule has 10 heteroatoms. The predicted octanol–water partition coefficient (Wildman–Crippen LogP) is 3.07. The molecule has 1 N–H and O–H groups in total. The van der Waals surface area contributed by atoms with Crippen LogP contribution in [0.15, 0.2) is 49.1 Å². The Balaban J connectivity index is 1.66. The van der Waals surface area contributed by atoms with E-state index in [1.807, 2.05) is 0 Å². The number of ether oxygens (including phenoxy) is 2. The van der Waals surface area contributed by atoms with Crippen molar-refractivity contribution in [1.29, 1.82) is 0 Å². The van der Waals surface area contributed by atoms with Gasteiger partial charge in [0, 0.05) is 13.0 Å². The lowest BCUT2D eigenvalue weighted by molar-refractivity contribution is -0.131. The molecule has 0 saturated heterocycles. The van der Waals surface area contributed by atoms with Crippen LogP contribution in [0.25, 0.3) is 11.1 Å². The van der Waals surface area contributed by atoms with Crippen LogP contribution in [-0.4, -0.2) is 21.5 Å². The molecule has 2 heterocycles. The molecule has 2 aromatic heterocycles. The summed E-state index contributed by atoms with van der Waals surface area (Å²) in [5.41, 5.74) is -1.78. The number of esters is 2. The van der Waals surface area contributed by atoms with E-state index in [0.29, 0.717) is 17.4 Å². The molecule has 1 aliphatic rings. The molecule has 1 unspecified atom stereocenters. The number of H-pyrrole nitrogens is 1. The van der Waals surface area contributed by atoms with Gasteiger partial charge in [0.05, 0.1) is 0 Å². The van der Waals surface area contributed by atoms with E-state index in [1.165, 1.54) is 32.0 Å². The number of benzene rings is 1. The third-order valence-electron chi connectivity index (χ3n) is 6.25. The highest BCUT2D eigenvalue weighted by Crippen LogP contribution is 2.49. The van der Waals surface area contributed by atoms with E-state index in [2.05, 4.69) is 11.9 Å². The van der Waals surface area contributed by atoms with Crippen molar-refractivity contribution >= 4 is 23.0 Å². The molecule has 0 bridgehead atoms. The topological polar surface area (TPSA) is 138 Å². The number of rotatable bonds is 8. The summed E-state index contributed by atoms with van der Waals surface area (Å²) in [6.45, 7) is 4.76. The first kappa shape index (κ1) is 24.2. The molecule has 1 aromatic carbocycles. The Morgan fingerprint density at radius 1 is 1.20 bits per heavy atom. The summed E-state index contributed by atoms with van der Waals surface area (Å²) in [6, 6.07) is 7.21. The van der Waals surface area contributed by atoms with Crippen LogP contribution < -0.4 is 21.6 Å². The molecular weight excluding hydrogens is 456 g/mol. The van der Waals surface area contributed by atoms with Gasteiger partial charge in [0.2, 0.25) is 5.71 Å². The number of fused-ring (bicyclic) bond motifs is 1. The monoisotopic (exact) mass is 482 g/mol. The molecule has 0 radical (unpaired) electrons. The van der Waals surface area contributed by atoms with Crippen molar-refractivity contribution in [1.82, 2.24) is 9.55 Å². The molecule has 0 amide bonds. The van der Waals surface area contributed by atoms with Gasteiger partial charge in [-0.15, -0.1) is 0 Å². The van der Waals surface area contributed by atoms with Gasteiger partial charge >= 0.3 is 23.3 Å². The highest BCUT2D eigenvalue weighted by atomic mass is 16.6. The fraction of sp³-hybridized carbons (Fsp3) is 0.400. The number of hydrogen-bond acceptors (Lipinski definition) is 8. The van der Waals surface area contributed by atoms with E-state index in [4.69, 9.17) is 13.9 Å². The number of aromatic nitrogens is 2. The van der Waals surface area contributed by atoms with Gasteiger partial charge in [-0.3, -0.25) is 14.6 Å². The summed E-state index contributed by atoms with van der Waals surface area (Å²) < 4.78 is 16.2. The molecule has 184 valence electrons. The number of hydrogen-bond donors (Lipinski definition) is 1. The Kier molecular flexibility index (Phi) is 6.47. The van der Waals surface area contributed by atoms with Crippen LogP contribution >= 0.6 is 0 Å². The number of carbonyl (C=O) groups is 2. The minimum atomic E-state index is -1.31. The van der Waals surface area contributed by atoms with Crippen molar-refractivity contribution in [3.63, 3.8) is 0 Å². The van der Waals surface area contributed by atoms with Crippen molar-refractivity contribution in [3.05, 3.63) is 72.7 Å². The van der Waals surface area contributed by atoms with Crippen LogP contribution in [0.5, 0.6) is 5.75 Å². The summed E-state index contributed by atoms with van der Waals surface area (Å²) in [4.78, 5) is 64.6. The third-order valence-corrected chi connectivity index (χ3v) is 6.25. The van der Waals surface area contributed by atoms with Crippen molar-refractivity contribution in [2.45, 2.75) is 59.1 Å². The van der Waals surface area contributed by atoms with E-state index < -0.39 is 35.0 Å². The minimum Gasteiger partial charge on any atom is -0.438 e. The molecule has 3 aromatic rings. The third kappa shape index (κ3) is 5.26. The van der Waals surface area contributed by atoms with Gasteiger partial charge in [0.15, 0.2) is 6.23 Å². The highest BCUT2D eigenvalue weighted by molar-refractivity contribution is 5.93. The molecule has 1 saturated carbocycles. The number of aromatic amines is 1. The van der Waals surface area contributed by atoms with Crippen LogP contribution in [0.3, 0.4) is 0 Å². The second kappa shape index (κ2) is 9.36. The first-order chi connectivity index (χ1) is 16.6. The Morgan fingerprint density at radius 2 is 1.91 bits per heavy atom. The summed E-state index contributed by atoms with van der Waals surface area (Å²) in [6.07, 6.45) is 3.21. The second-order valence-corrected chi connectivity index (χ2v) is 9.16. The minimum absolute atomic E-state index is 0.00890. The van der Waals surface area contributed by atoms with Crippen molar-refractivity contribution in [3.8, 4) is 5.75 Å². The maximum absolute atomic E-state index is 13.3. The summed E-state index contributed by atoms with van der Waals surface area (Å²) in [5.74, 6) is -1.52. The lowest BCUT2D eigenvalue weighted by Gasteiger charge is -2.17. The van der Waals surface area contributed by atoms with Crippen LogP contribution in [0, 0.1) is 5.41 Å². The van der Waals surface area contributed by atoms with Crippen LogP contribution in [-0.2, 0) is 16.0 Å². The molecular formula is C25H26N2O8. The predicted molar refractivity (Wildman–Crippen MR) is 126 cm³/mol. The Morgan fingerprint density at radius 3 is 2.60 bits per heavy atom. The van der Waals surface area contributed by atoms with E-state index in [9.17, 15) is 24.0 Å². The van der Waals surface area contributed by atoms with E-state index >= 15 is 0 Å². The fourth-order valence-corrected chi connectivity index (χ4v) is 4.08. The lowest BCUT2D eigenvalue weighted by atomic mass is 9.98. The van der Waals surface area contributed by atoms with Gasteiger partial charge in [0.1, 0.15) is 16.7 Å². The summed E-state index contributed by atoms with van der Waals surface area (Å²) in [7, 11) is 0. The highest BCUT2D eigenvalue weighted by Gasteiger charge is 2.36. The van der Waals surface area contributed by atoms with Gasteiger partial charge in [0.25, 0.3) is 5.56 Å². The summed E-state index contributed by atoms with van der Waals surface area (Å²) in [5, 5.41) is 0.0633. The number of nitrogens with one attached hydrogen (secondary N) is 1. The average Bonchev–Trinajstić information content (AvgIpc) is 3.50. The molecule has 0 spiro atoms. The van der Waals surface area contributed by atoms with Gasteiger partial charge in [-0.1, -0.05) is 19.1 Å². The molecule has 35 heavy (non-hydrogen) atoms. The molecule has 1 aliphatic carbocycles. The fourth-order valence-electron chi connectivity index (χ4n) is 4.08. The first-order valence-corrected chi connectivity index (χ1v) is 11.4. The SMILES string of the molecule is CC(=O)Oc1ccccc1C(=O)OC(C)n1c(=O)[nH]c2oc(=O)cc(CCCC3(C)CC3)c2c1=O. The van der Waals surface area contributed by atoms with Crippen LogP contribution in [0.2, 0.25) is 0 Å². The van der Waals surface area contributed by atoms with Crippen molar-refractivity contribution in [2.75, 3.05) is 0 Å². The normalized spacial score (nSPS) is 14.9. The van der Waals surface area contributed by atoms with Crippen LogP contribution in [0.4, 0.5) is 0 Å². The van der Waals surface area contributed by atoms with Crippen LogP contribution in [0.1, 0.15) is 68.6 Å². The smallest absolute Gasteiger partial charge is 0.343 e. The average molecular weight is 482 g/mol. The van der Waals surface area contributed by atoms with E-state index in [-0.39, 0.29) is 22.4 Å². The number of aryl methyl sites for hydroxylation is 1. The zero-order valence-electron chi connectivity index (χ0n) is 19.7. The van der Waals surface area contributed by atoms with Gasteiger partial charge < -0.3 is 13.9 Å². The number of carbonyl (C=O) groups excluding carboxylic acids is 2. The largest absolute Gasteiger partial charge is 0.438 e. The van der Waals surface area contributed by atoms with Crippen molar-refractivity contribution in [2.24, 2.45) is 5.41 Å². The quantitative estimate of drug-likeness (QED) is 0.382. The standard InChI is InChI=1S/C25H26N2O8/c1-14(33-23(31)17-8-4-5-9-18(17)34-15(2)28)27-22(30)20-16(7-6-10-25(3)11-12-25)13-19(29)35-21(20)26-24(27)32/h4-5,8-9,13-14H,6-7,10-12H2,1-3H3,(H,26,32). The molecule has 4 rings (SSSR count). The molecule has 10 nitrogen and oxygen atoms in total. The van der Waals surface area contributed by atoms with E-state index in [0.717, 1.165) is 30.3 Å².